The number of fused-ring (bicyclic) bond motifs is 1. The molecule has 0 saturated carbocycles. The van der Waals surface area contributed by atoms with Crippen molar-refractivity contribution in [1.82, 2.24) is 4.57 Å². The first-order chi connectivity index (χ1) is 6.74. The fourth-order valence-corrected chi connectivity index (χ4v) is 2.87. The van der Waals surface area contributed by atoms with Crippen LogP contribution in [-0.2, 0) is 6.54 Å². The van der Waals surface area contributed by atoms with Crippen LogP contribution in [0.3, 0.4) is 0 Å². The Bertz CT molecular complexity index is 479. The van der Waals surface area contributed by atoms with E-state index in [-0.39, 0.29) is 5.78 Å². The van der Waals surface area contributed by atoms with Gasteiger partial charge in [0.05, 0.1) is 4.88 Å². The van der Waals surface area contributed by atoms with Gasteiger partial charge in [-0.15, -0.1) is 17.9 Å². The van der Waals surface area contributed by atoms with Crippen LogP contribution in [0.15, 0.2) is 18.7 Å². The van der Waals surface area contributed by atoms with Crippen LogP contribution in [-0.4, -0.2) is 10.4 Å². The smallest absolute Gasteiger partial charge is 0.184 e. The molecule has 0 spiro atoms. The highest BCUT2D eigenvalue weighted by Crippen LogP contribution is 2.26. The minimum absolute atomic E-state index is 0.150. The molecule has 1 aromatic heterocycles. The van der Waals surface area contributed by atoms with E-state index in [9.17, 15) is 4.79 Å². The molecule has 0 unspecified atom stereocenters. The summed E-state index contributed by atoms with van der Waals surface area (Å²) in [5.74, 6) is 0.150. The Kier molecular flexibility index (Phi) is 2.48. The third kappa shape index (κ3) is 1.40. The molecule has 1 heterocycles. The Hall–Kier alpha value is -1.00. The third-order valence-electron chi connectivity index (χ3n) is 2.07. The quantitative estimate of drug-likeness (QED) is 0.568. The van der Waals surface area contributed by atoms with Crippen LogP contribution < -0.4 is 0 Å². The molecule has 1 aromatic rings. The predicted octanol–water partition coefficient (Wildman–Crippen LogP) is 3.06. The van der Waals surface area contributed by atoms with E-state index in [1.165, 1.54) is 11.3 Å². The van der Waals surface area contributed by atoms with Crippen LogP contribution >= 0.6 is 23.6 Å². The molecular weight excluding hydrogens is 214 g/mol. The minimum Gasteiger partial charge on any atom is -0.316 e. The molecule has 0 atom stereocenters. The summed E-state index contributed by atoms with van der Waals surface area (Å²) < 4.78 is 2.60. The normalized spacial score (nSPS) is 14.1. The first-order valence-electron chi connectivity index (χ1n) is 4.28. The number of carbonyl (C=O) groups excluding carboxylic acids is 1. The molecule has 0 fully saturated rings. The summed E-state index contributed by atoms with van der Waals surface area (Å²) in [6.07, 6.45) is 6.09. The molecular formula is C10H9NOS2. The van der Waals surface area contributed by atoms with Gasteiger partial charge in [0.15, 0.2) is 9.74 Å². The van der Waals surface area contributed by atoms with E-state index >= 15 is 0 Å². The number of hydrogen-bond acceptors (Lipinski definition) is 3. The lowest BCUT2D eigenvalue weighted by Gasteiger charge is -2.07. The molecule has 0 amide bonds. The van der Waals surface area contributed by atoms with E-state index in [0.717, 1.165) is 14.5 Å². The van der Waals surface area contributed by atoms with Crippen LogP contribution in [0.1, 0.15) is 21.8 Å². The average molecular weight is 223 g/mol. The van der Waals surface area contributed by atoms with E-state index in [1.54, 1.807) is 6.08 Å². The molecule has 0 saturated heterocycles. The second-order valence-corrected chi connectivity index (χ2v) is 4.69. The summed E-state index contributed by atoms with van der Waals surface area (Å²) in [7, 11) is 0. The predicted molar refractivity (Wildman–Crippen MR) is 61.3 cm³/mol. The van der Waals surface area contributed by atoms with Crippen molar-refractivity contribution in [1.29, 1.82) is 0 Å². The Morgan fingerprint density at radius 2 is 2.50 bits per heavy atom. The first kappa shape index (κ1) is 9.55. The summed E-state index contributed by atoms with van der Waals surface area (Å²) >= 11 is 6.67. The maximum absolute atomic E-state index is 11.6. The number of allylic oxidation sites excluding steroid dienone is 2. The van der Waals surface area contributed by atoms with Crippen molar-refractivity contribution in [3.05, 3.63) is 33.3 Å². The van der Waals surface area contributed by atoms with E-state index in [2.05, 4.69) is 6.58 Å². The van der Waals surface area contributed by atoms with Crippen molar-refractivity contribution < 1.29 is 4.79 Å². The molecule has 1 aliphatic rings. The van der Waals surface area contributed by atoms with Gasteiger partial charge in [-0.25, -0.2) is 0 Å². The van der Waals surface area contributed by atoms with Gasteiger partial charge in [0.25, 0.3) is 0 Å². The summed E-state index contributed by atoms with van der Waals surface area (Å²) in [6.45, 7) is 4.27. The zero-order valence-corrected chi connectivity index (χ0v) is 9.16. The second-order valence-electron chi connectivity index (χ2n) is 3.01. The molecule has 0 aromatic carbocycles. The van der Waals surface area contributed by atoms with Crippen LogP contribution in [0.2, 0.25) is 0 Å². The minimum atomic E-state index is 0.150. The summed E-state index contributed by atoms with van der Waals surface area (Å²) in [5.41, 5.74) is 0.752. The number of hydrogen-bond donors (Lipinski definition) is 0. The Labute approximate surface area is 91.2 Å². The van der Waals surface area contributed by atoms with Gasteiger partial charge < -0.3 is 4.57 Å². The van der Waals surface area contributed by atoms with Gasteiger partial charge in [-0.2, -0.15) is 0 Å². The summed E-state index contributed by atoms with van der Waals surface area (Å²) in [6, 6.07) is 0. The SMILES string of the molecule is C=CCn1c2c(sc1=S)C=CCC2=O. The third-order valence-corrected chi connectivity index (χ3v) is 3.48. The largest absolute Gasteiger partial charge is 0.316 e. The lowest BCUT2D eigenvalue weighted by Crippen LogP contribution is -2.11. The van der Waals surface area contributed by atoms with E-state index in [1.807, 2.05) is 16.7 Å². The lowest BCUT2D eigenvalue weighted by molar-refractivity contribution is 0.0986. The topological polar surface area (TPSA) is 22.0 Å². The van der Waals surface area contributed by atoms with E-state index in [4.69, 9.17) is 12.2 Å². The standard InChI is InChI=1S/C10H9NOS2/c1-2-6-11-9-7(12)4-3-5-8(9)14-10(11)13/h2-3,5H,1,4,6H2. The summed E-state index contributed by atoms with van der Waals surface area (Å²) in [4.78, 5) is 12.6. The van der Waals surface area contributed by atoms with E-state index < -0.39 is 0 Å². The number of thiazole rings is 1. The highest BCUT2D eigenvalue weighted by atomic mass is 32.1. The Morgan fingerprint density at radius 3 is 3.21 bits per heavy atom. The lowest BCUT2D eigenvalue weighted by atomic mass is 10.1. The second kappa shape index (κ2) is 3.63. The molecule has 0 N–H and O–H groups in total. The fourth-order valence-electron chi connectivity index (χ4n) is 1.49. The molecule has 72 valence electrons. The van der Waals surface area contributed by atoms with Gasteiger partial charge in [0.1, 0.15) is 5.69 Å². The Morgan fingerprint density at radius 1 is 1.71 bits per heavy atom. The fraction of sp³-hybridized carbons (Fsp3) is 0.200. The zero-order chi connectivity index (χ0) is 10.1. The highest BCUT2D eigenvalue weighted by Gasteiger charge is 2.19. The maximum Gasteiger partial charge on any atom is 0.184 e. The molecule has 0 radical (unpaired) electrons. The van der Waals surface area contributed by atoms with Gasteiger partial charge >= 0.3 is 0 Å². The number of aromatic nitrogens is 1. The van der Waals surface area contributed by atoms with Crippen LogP contribution in [0.5, 0.6) is 0 Å². The molecule has 1 aliphatic carbocycles. The van der Waals surface area contributed by atoms with Crippen LogP contribution in [0.25, 0.3) is 6.08 Å². The monoisotopic (exact) mass is 223 g/mol. The van der Waals surface area contributed by atoms with Crippen molar-refractivity contribution >= 4 is 35.4 Å². The Balaban J connectivity index is 2.66. The van der Waals surface area contributed by atoms with Crippen molar-refractivity contribution in [2.75, 3.05) is 0 Å². The zero-order valence-electron chi connectivity index (χ0n) is 7.53. The molecule has 0 aliphatic heterocycles. The van der Waals surface area contributed by atoms with Crippen molar-refractivity contribution in [2.45, 2.75) is 13.0 Å². The molecule has 0 bridgehead atoms. The molecule has 2 nitrogen and oxygen atoms in total. The van der Waals surface area contributed by atoms with Gasteiger partial charge in [-0.3, -0.25) is 4.79 Å². The number of Topliss-reactive ketones (excluding diaryl/α,β-unsaturated/α-hetero) is 1. The van der Waals surface area contributed by atoms with Gasteiger partial charge in [0.2, 0.25) is 0 Å². The molecule has 4 heteroatoms. The van der Waals surface area contributed by atoms with Crippen LogP contribution in [0.4, 0.5) is 0 Å². The van der Waals surface area contributed by atoms with Crippen molar-refractivity contribution in [3.8, 4) is 0 Å². The number of ketones is 1. The summed E-state index contributed by atoms with van der Waals surface area (Å²) in [5, 5.41) is 0. The van der Waals surface area contributed by atoms with Crippen molar-refractivity contribution in [2.24, 2.45) is 0 Å². The van der Waals surface area contributed by atoms with Crippen LogP contribution in [0, 0.1) is 3.95 Å². The van der Waals surface area contributed by atoms with Crippen molar-refractivity contribution in [3.63, 3.8) is 0 Å². The van der Waals surface area contributed by atoms with Gasteiger partial charge in [-0.05, 0) is 18.3 Å². The van der Waals surface area contributed by atoms with Gasteiger partial charge in [-0.1, -0.05) is 12.2 Å². The maximum atomic E-state index is 11.6. The number of nitrogens with zero attached hydrogens (tertiary/aromatic N) is 1. The average Bonchev–Trinajstić information content (AvgIpc) is 2.45. The number of carbonyl (C=O) groups is 1. The molecule has 14 heavy (non-hydrogen) atoms. The highest BCUT2D eigenvalue weighted by molar-refractivity contribution is 7.73. The van der Waals surface area contributed by atoms with Gasteiger partial charge in [0, 0.05) is 13.0 Å². The van der Waals surface area contributed by atoms with E-state index in [0.29, 0.717) is 13.0 Å². The molecule has 2 rings (SSSR count). The first-order valence-corrected chi connectivity index (χ1v) is 5.50. The number of rotatable bonds is 2.